The fraction of sp³-hybridized carbons (Fsp3) is 0.517. The molecule has 0 heterocycles. The Balaban J connectivity index is 2.29. The summed E-state index contributed by atoms with van der Waals surface area (Å²) in [6, 6.07) is 11.3. The predicted octanol–water partition coefficient (Wildman–Crippen LogP) is 6.72. The van der Waals surface area contributed by atoms with Crippen LogP contribution >= 0.6 is 11.6 Å². The number of aryl methyl sites for hydroxylation is 1. The average Bonchev–Trinajstić information content (AvgIpc) is 2.75. The van der Waals surface area contributed by atoms with Crippen molar-refractivity contribution in [3.8, 4) is 0 Å². The molecule has 1 radical (unpaired) electrons. The molecule has 0 aliphatic carbocycles. The van der Waals surface area contributed by atoms with Crippen LogP contribution in [0.3, 0.4) is 0 Å². The van der Waals surface area contributed by atoms with Crippen LogP contribution in [-0.4, -0.2) is 39.4 Å². The molecule has 4 nitrogen and oxygen atoms in total. The van der Waals surface area contributed by atoms with Crippen LogP contribution in [0.5, 0.6) is 0 Å². The standard InChI is InChI=1S/C29H41ClNO3Si/c1-19(2)23-12-10-13-24(21(4)32)26(23)15-22(17-34-18-35(8)29(5,6)7)31-28(33)16-25-20(3)11-9-14-27(25)30/h9-14,19,22H,15-18H2,1-8H3,(H,31,33). The summed E-state index contributed by atoms with van der Waals surface area (Å²) in [5.74, 6) is 0.199. The van der Waals surface area contributed by atoms with Crippen LogP contribution in [0.4, 0.5) is 0 Å². The molecule has 0 aromatic heterocycles. The average molecular weight is 515 g/mol. The van der Waals surface area contributed by atoms with Crippen molar-refractivity contribution in [1.82, 2.24) is 5.32 Å². The van der Waals surface area contributed by atoms with E-state index in [4.69, 9.17) is 16.3 Å². The summed E-state index contributed by atoms with van der Waals surface area (Å²) in [5.41, 5.74) is 4.68. The lowest BCUT2D eigenvalue weighted by atomic mass is 9.88. The lowest BCUT2D eigenvalue weighted by Crippen LogP contribution is -2.42. The Morgan fingerprint density at radius 2 is 1.74 bits per heavy atom. The molecule has 191 valence electrons. The first kappa shape index (κ1) is 29.3. The summed E-state index contributed by atoms with van der Waals surface area (Å²) in [4.78, 5) is 25.6. The summed E-state index contributed by atoms with van der Waals surface area (Å²) in [7, 11) is -0.709. The smallest absolute Gasteiger partial charge is 0.224 e. The number of carbonyl (C=O) groups excluding carboxylic acids is 2. The minimum atomic E-state index is -0.709. The van der Waals surface area contributed by atoms with Crippen molar-refractivity contribution in [2.24, 2.45) is 0 Å². The predicted molar refractivity (Wildman–Crippen MR) is 148 cm³/mol. The van der Waals surface area contributed by atoms with Crippen molar-refractivity contribution in [1.29, 1.82) is 0 Å². The van der Waals surface area contributed by atoms with Gasteiger partial charge in [0, 0.05) is 16.8 Å². The molecule has 2 aromatic carbocycles. The Kier molecular flexibility index (Phi) is 10.7. The molecule has 1 amide bonds. The Labute approximate surface area is 218 Å². The van der Waals surface area contributed by atoms with Crippen LogP contribution in [0.1, 0.15) is 80.1 Å². The topological polar surface area (TPSA) is 55.4 Å². The van der Waals surface area contributed by atoms with E-state index in [1.807, 2.05) is 37.3 Å². The highest BCUT2D eigenvalue weighted by atomic mass is 35.5. The maximum atomic E-state index is 13.1. The Bertz CT molecular complexity index is 1010. The van der Waals surface area contributed by atoms with Crippen LogP contribution in [0.25, 0.3) is 0 Å². The zero-order valence-corrected chi connectivity index (χ0v) is 24.3. The number of hydrogen-bond acceptors (Lipinski definition) is 3. The number of hydrogen-bond donors (Lipinski definition) is 1. The van der Waals surface area contributed by atoms with Crippen LogP contribution in [-0.2, 0) is 22.4 Å². The lowest BCUT2D eigenvalue weighted by molar-refractivity contribution is -0.121. The molecule has 1 atom stereocenters. The van der Waals surface area contributed by atoms with Crippen LogP contribution < -0.4 is 5.32 Å². The molecule has 1 unspecified atom stereocenters. The van der Waals surface area contributed by atoms with E-state index in [1.54, 1.807) is 6.92 Å². The molecule has 0 saturated carbocycles. The van der Waals surface area contributed by atoms with E-state index >= 15 is 0 Å². The Morgan fingerprint density at radius 1 is 1.09 bits per heavy atom. The SMILES string of the molecule is CC(=O)c1cccc(C(C)C)c1CC(COC[Si](C)C(C)(C)C)NC(=O)Cc1c(C)cccc1Cl. The van der Waals surface area contributed by atoms with Gasteiger partial charge in [-0.25, -0.2) is 0 Å². The summed E-state index contributed by atoms with van der Waals surface area (Å²) < 4.78 is 6.18. The normalized spacial score (nSPS) is 12.8. The fourth-order valence-corrected chi connectivity index (χ4v) is 5.15. The van der Waals surface area contributed by atoms with Gasteiger partial charge < -0.3 is 10.1 Å². The van der Waals surface area contributed by atoms with E-state index in [1.165, 1.54) is 0 Å². The quantitative estimate of drug-likeness (QED) is 0.267. The van der Waals surface area contributed by atoms with E-state index in [2.05, 4.69) is 52.5 Å². The number of rotatable bonds is 11. The molecule has 0 fully saturated rings. The molecule has 6 heteroatoms. The van der Waals surface area contributed by atoms with Gasteiger partial charge in [-0.3, -0.25) is 9.59 Å². The molecular weight excluding hydrogens is 474 g/mol. The van der Waals surface area contributed by atoms with Crippen molar-refractivity contribution < 1.29 is 14.3 Å². The van der Waals surface area contributed by atoms with E-state index in [0.29, 0.717) is 29.8 Å². The van der Waals surface area contributed by atoms with E-state index in [9.17, 15) is 9.59 Å². The van der Waals surface area contributed by atoms with E-state index in [-0.39, 0.29) is 35.1 Å². The lowest BCUT2D eigenvalue weighted by Gasteiger charge is -2.27. The van der Waals surface area contributed by atoms with Gasteiger partial charge in [-0.1, -0.05) is 83.1 Å². The summed E-state index contributed by atoms with van der Waals surface area (Å²) in [6.45, 7) is 17.2. The van der Waals surface area contributed by atoms with Crippen molar-refractivity contribution in [3.63, 3.8) is 0 Å². The van der Waals surface area contributed by atoms with Crippen molar-refractivity contribution in [2.75, 3.05) is 12.8 Å². The summed E-state index contributed by atoms with van der Waals surface area (Å²) in [6.07, 6.45) is 1.45. The third kappa shape index (κ3) is 8.59. The first-order valence-corrected chi connectivity index (χ1v) is 15.0. The van der Waals surface area contributed by atoms with Crippen LogP contribution in [0.2, 0.25) is 16.6 Å². The molecule has 0 spiro atoms. The van der Waals surface area contributed by atoms with Gasteiger partial charge in [-0.05, 0) is 59.5 Å². The first-order valence-electron chi connectivity index (χ1n) is 12.4. The number of ether oxygens (including phenoxy) is 1. The minimum absolute atomic E-state index is 0.0342. The molecule has 0 bridgehead atoms. The monoisotopic (exact) mass is 514 g/mol. The number of amides is 1. The molecular formula is C29H41ClNO3Si. The van der Waals surface area contributed by atoms with Gasteiger partial charge in [0.15, 0.2) is 5.78 Å². The molecule has 0 saturated heterocycles. The highest BCUT2D eigenvalue weighted by Gasteiger charge is 2.24. The van der Waals surface area contributed by atoms with Gasteiger partial charge in [0.05, 0.1) is 27.9 Å². The molecule has 1 N–H and O–H groups in total. The van der Waals surface area contributed by atoms with Crippen molar-refractivity contribution in [2.45, 2.75) is 84.9 Å². The third-order valence-corrected chi connectivity index (χ3v) is 10.2. The van der Waals surface area contributed by atoms with Crippen LogP contribution in [0.15, 0.2) is 36.4 Å². The van der Waals surface area contributed by atoms with Gasteiger partial charge in [-0.2, -0.15) is 0 Å². The van der Waals surface area contributed by atoms with Gasteiger partial charge in [-0.15, -0.1) is 0 Å². The molecule has 0 aliphatic rings. The van der Waals surface area contributed by atoms with E-state index < -0.39 is 8.80 Å². The van der Waals surface area contributed by atoms with Crippen molar-refractivity contribution >= 4 is 32.1 Å². The molecule has 0 aliphatic heterocycles. The number of nitrogens with one attached hydrogen (secondary N) is 1. The Morgan fingerprint density at radius 3 is 2.31 bits per heavy atom. The Hall–Kier alpha value is -1.95. The fourth-order valence-electron chi connectivity index (χ4n) is 4.00. The number of ketones is 1. The second kappa shape index (κ2) is 12.8. The number of Topliss-reactive ketones (excluding diaryl/α,β-unsaturated/α-hetero) is 1. The molecule has 35 heavy (non-hydrogen) atoms. The third-order valence-electron chi connectivity index (χ3n) is 6.64. The van der Waals surface area contributed by atoms with E-state index in [0.717, 1.165) is 22.3 Å². The maximum absolute atomic E-state index is 13.1. The number of benzene rings is 2. The summed E-state index contributed by atoms with van der Waals surface area (Å²) >= 11 is 6.37. The highest BCUT2D eigenvalue weighted by Crippen LogP contribution is 2.27. The van der Waals surface area contributed by atoms with Gasteiger partial charge in [0.25, 0.3) is 0 Å². The highest BCUT2D eigenvalue weighted by molar-refractivity contribution is 6.60. The maximum Gasteiger partial charge on any atom is 0.224 e. The zero-order chi connectivity index (χ0) is 26.3. The molecule has 2 aromatic rings. The second-order valence-electron chi connectivity index (χ2n) is 10.8. The van der Waals surface area contributed by atoms with Gasteiger partial charge >= 0.3 is 0 Å². The first-order chi connectivity index (χ1) is 16.3. The van der Waals surface area contributed by atoms with Crippen molar-refractivity contribution in [3.05, 3.63) is 69.2 Å². The molecule has 2 rings (SSSR count). The summed E-state index contributed by atoms with van der Waals surface area (Å²) in [5, 5.41) is 4.02. The number of halogens is 1. The second-order valence-corrected chi connectivity index (χ2v) is 14.6. The zero-order valence-electron chi connectivity index (χ0n) is 22.5. The van der Waals surface area contributed by atoms with Crippen LogP contribution in [0, 0.1) is 6.92 Å². The van der Waals surface area contributed by atoms with Gasteiger partial charge in [0.2, 0.25) is 5.91 Å². The minimum Gasteiger partial charge on any atom is -0.383 e. The van der Waals surface area contributed by atoms with Gasteiger partial charge in [0.1, 0.15) is 0 Å². The largest absolute Gasteiger partial charge is 0.383 e. The number of carbonyl (C=O) groups is 2.